The first-order chi connectivity index (χ1) is 14.5. The Balaban J connectivity index is 1.49. The molecule has 154 valence electrons. The molecule has 0 saturated heterocycles. The van der Waals surface area contributed by atoms with E-state index in [2.05, 4.69) is 15.4 Å². The van der Waals surface area contributed by atoms with E-state index in [1.807, 2.05) is 66.0 Å². The smallest absolute Gasteiger partial charge is 0.239 e. The van der Waals surface area contributed by atoms with Crippen LogP contribution in [-0.2, 0) is 11.3 Å². The Labute approximate surface area is 178 Å². The zero-order valence-corrected chi connectivity index (χ0v) is 17.8. The fourth-order valence-corrected chi connectivity index (χ4v) is 3.97. The number of rotatable bonds is 7. The van der Waals surface area contributed by atoms with Gasteiger partial charge < -0.3 is 15.0 Å². The number of thiazole rings is 1. The third kappa shape index (κ3) is 4.11. The van der Waals surface area contributed by atoms with Crippen LogP contribution in [0.15, 0.2) is 48.7 Å². The summed E-state index contributed by atoms with van der Waals surface area (Å²) in [5.41, 5.74) is 3.40. The fraction of sp³-hybridized carbons (Fsp3) is 0.238. The summed E-state index contributed by atoms with van der Waals surface area (Å²) in [4.78, 5) is 23.1. The molecule has 8 nitrogen and oxygen atoms in total. The lowest BCUT2D eigenvalue weighted by atomic mass is 10.3. The number of carbonyl (C=O) groups is 1. The molecule has 30 heavy (non-hydrogen) atoms. The summed E-state index contributed by atoms with van der Waals surface area (Å²) in [5, 5.41) is 8.27. The normalized spacial score (nSPS) is 10.9. The van der Waals surface area contributed by atoms with E-state index in [0.717, 1.165) is 38.3 Å². The maximum atomic E-state index is 12.3. The first kappa shape index (κ1) is 19.8. The molecule has 1 aromatic carbocycles. The maximum Gasteiger partial charge on any atom is 0.239 e. The zero-order valence-electron chi connectivity index (χ0n) is 17.0. The Bertz CT molecular complexity index is 1150. The van der Waals surface area contributed by atoms with E-state index in [-0.39, 0.29) is 12.5 Å². The van der Waals surface area contributed by atoms with Crippen molar-refractivity contribution in [2.45, 2.75) is 13.5 Å². The van der Waals surface area contributed by atoms with Crippen molar-refractivity contribution in [3.8, 4) is 11.4 Å². The fourth-order valence-electron chi connectivity index (χ4n) is 3.02. The molecule has 0 fully saturated rings. The quantitative estimate of drug-likeness (QED) is 0.493. The summed E-state index contributed by atoms with van der Waals surface area (Å²) in [5.74, 6) is 0.699. The molecule has 4 aromatic rings. The number of carbonyl (C=O) groups excluding carboxylic acids is 1. The average Bonchev–Trinajstić information content (AvgIpc) is 3.34. The van der Waals surface area contributed by atoms with Gasteiger partial charge in [0.05, 0.1) is 42.0 Å². The van der Waals surface area contributed by atoms with E-state index < -0.39 is 0 Å². The van der Waals surface area contributed by atoms with Gasteiger partial charge >= 0.3 is 0 Å². The molecular formula is C21H22N6O2S. The van der Waals surface area contributed by atoms with Crippen molar-refractivity contribution in [3.63, 3.8) is 0 Å². The average molecular weight is 423 g/mol. The third-order valence-corrected chi connectivity index (χ3v) is 5.86. The van der Waals surface area contributed by atoms with E-state index >= 15 is 0 Å². The molecule has 0 aliphatic rings. The lowest BCUT2D eigenvalue weighted by Crippen LogP contribution is -2.34. The number of hydrogen-bond acceptors (Lipinski definition) is 7. The highest BCUT2D eigenvalue weighted by molar-refractivity contribution is 7.22. The van der Waals surface area contributed by atoms with Gasteiger partial charge in [0.1, 0.15) is 5.75 Å². The van der Waals surface area contributed by atoms with E-state index in [1.165, 1.54) is 11.3 Å². The number of nitrogens with one attached hydrogen (secondary N) is 1. The molecule has 3 aromatic heterocycles. The number of anilines is 1. The summed E-state index contributed by atoms with van der Waals surface area (Å²) in [6, 6.07) is 13.3. The summed E-state index contributed by atoms with van der Waals surface area (Å²) < 4.78 is 8.05. The number of amides is 1. The van der Waals surface area contributed by atoms with Crippen molar-refractivity contribution in [1.82, 2.24) is 25.1 Å². The summed E-state index contributed by atoms with van der Waals surface area (Å²) in [6.45, 7) is 2.57. The molecule has 1 N–H and O–H groups in total. The Hall–Kier alpha value is -3.46. The number of ether oxygens (including phenoxy) is 1. The second kappa shape index (κ2) is 8.50. The van der Waals surface area contributed by atoms with Crippen molar-refractivity contribution < 1.29 is 9.53 Å². The van der Waals surface area contributed by atoms with Crippen LogP contribution in [0.25, 0.3) is 16.0 Å². The lowest BCUT2D eigenvalue weighted by molar-refractivity contribution is -0.119. The minimum absolute atomic E-state index is 0.0871. The van der Waals surface area contributed by atoms with Gasteiger partial charge in [0.15, 0.2) is 10.8 Å². The number of likely N-dealkylation sites (N-methyl/N-ethyl adjacent to an activating group) is 1. The van der Waals surface area contributed by atoms with E-state index in [9.17, 15) is 4.79 Å². The van der Waals surface area contributed by atoms with E-state index in [1.54, 1.807) is 13.3 Å². The van der Waals surface area contributed by atoms with Crippen LogP contribution in [0.1, 0.15) is 11.4 Å². The maximum absolute atomic E-state index is 12.3. The summed E-state index contributed by atoms with van der Waals surface area (Å²) >= 11 is 1.53. The first-order valence-corrected chi connectivity index (χ1v) is 10.2. The molecular weight excluding hydrogens is 400 g/mol. The number of hydrogen-bond donors (Lipinski definition) is 1. The highest BCUT2D eigenvalue weighted by atomic mass is 32.1. The molecule has 0 spiro atoms. The van der Waals surface area contributed by atoms with Gasteiger partial charge in [0.2, 0.25) is 5.91 Å². The minimum Gasteiger partial charge on any atom is -0.497 e. The van der Waals surface area contributed by atoms with Crippen LogP contribution in [0, 0.1) is 6.92 Å². The molecule has 9 heteroatoms. The monoisotopic (exact) mass is 422 g/mol. The van der Waals surface area contributed by atoms with E-state index in [4.69, 9.17) is 9.72 Å². The molecule has 3 heterocycles. The van der Waals surface area contributed by atoms with Crippen LogP contribution in [0.3, 0.4) is 0 Å². The minimum atomic E-state index is -0.0871. The number of benzene rings is 1. The largest absolute Gasteiger partial charge is 0.497 e. The lowest BCUT2D eigenvalue weighted by Gasteiger charge is -2.15. The molecule has 0 aliphatic heterocycles. The van der Waals surface area contributed by atoms with Crippen molar-refractivity contribution in [3.05, 3.63) is 60.0 Å². The molecule has 1 amide bonds. The van der Waals surface area contributed by atoms with Crippen molar-refractivity contribution in [2.75, 3.05) is 25.6 Å². The van der Waals surface area contributed by atoms with Crippen LogP contribution in [0.4, 0.5) is 5.13 Å². The number of aromatic nitrogens is 4. The Morgan fingerprint density at radius 1 is 1.23 bits per heavy atom. The predicted octanol–water partition coefficient (Wildman–Crippen LogP) is 2.95. The van der Waals surface area contributed by atoms with Gasteiger partial charge in [-0.15, -0.1) is 0 Å². The van der Waals surface area contributed by atoms with Crippen LogP contribution < -0.4 is 15.0 Å². The van der Waals surface area contributed by atoms with Gasteiger partial charge in [0, 0.05) is 13.2 Å². The molecule has 0 aliphatic carbocycles. The number of pyridine rings is 1. The molecule has 4 rings (SSSR count). The topological polar surface area (TPSA) is 85.2 Å². The molecule has 0 radical (unpaired) electrons. The molecule has 0 bridgehead atoms. The number of nitrogens with zero attached hydrogens (tertiary/aromatic N) is 5. The van der Waals surface area contributed by atoms with Crippen LogP contribution in [0.2, 0.25) is 0 Å². The number of methoxy groups -OCH3 is 1. The van der Waals surface area contributed by atoms with Crippen molar-refractivity contribution >= 4 is 32.7 Å². The van der Waals surface area contributed by atoms with Gasteiger partial charge in [0.25, 0.3) is 0 Å². The SMILES string of the molecule is COc1ccc(-n2nc(C)c3sc(N(C)CC(=O)NCc4ccccn4)nc32)cc1. The number of aryl methyl sites for hydroxylation is 1. The second-order valence-electron chi connectivity index (χ2n) is 6.80. The van der Waals surface area contributed by atoms with Crippen LogP contribution in [0.5, 0.6) is 5.75 Å². The van der Waals surface area contributed by atoms with Crippen molar-refractivity contribution in [1.29, 1.82) is 0 Å². The van der Waals surface area contributed by atoms with Crippen molar-refractivity contribution in [2.24, 2.45) is 0 Å². The first-order valence-electron chi connectivity index (χ1n) is 9.43. The molecule has 0 saturated carbocycles. The molecule has 0 atom stereocenters. The Morgan fingerprint density at radius 2 is 2.03 bits per heavy atom. The standard InChI is InChI=1S/C21H22N6O2S/c1-14-19-20(27(25-14)16-7-9-17(29-3)10-8-16)24-21(30-19)26(2)13-18(28)23-12-15-6-4-5-11-22-15/h4-11H,12-13H2,1-3H3,(H,23,28). The van der Waals surface area contributed by atoms with Crippen LogP contribution >= 0.6 is 11.3 Å². The highest BCUT2D eigenvalue weighted by Crippen LogP contribution is 2.32. The van der Waals surface area contributed by atoms with Gasteiger partial charge in [-0.05, 0) is 43.3 Å². The second-order valence-corrected chi connectivity index (χ2v) is 7.78. The summed E-state index contributed by atoms with van der Waals surface area (Å²) in [7, 11) is 3.50. The molecule has 0 unspecified atom stereocenters. The zero-order chi connectivity index (χ0) is 21.1. The predicted molar refractivity (Wildman–Crippen MR) is 117 cm³/mol. The van der Waals surface area contributed by atoms with Crippen LogP contribution in [-0.4, -0.2) is 46.4 Å². The highest BCUT2D eigenvalue weighted by Gasteiger charge is 2.18. The number of fused-ring (bicyclic) bond motifs is 1. The van der Waals surface area contributed by atoms with Gasteiger partial charge in [-0.1, -0.05) is 17.4 Å². The van der Waals surface area contributed by atoms with E-state index in [0.29, 0.717) is 6.54 Å². The van der Waals surface area contributed by atoms with Gasteiger partial charge in [-0.3, -0.25) is 9.78 Å². The van der Waals surface area contributed by atoms with Gasteiger partial charge in [-0.2, -0.15) is 10.1 Å². The van der Waals surface area contributed by atoms with Gasteiger partial charge in [-0.25, -0.2) is 4.68 Å². The Kier molecular flexibility index (Phi) is 5.62. The Morgan fingerprint density at radius 3 is 2.73 bits per heavy atom. The summed E-state index contributed by atoms with van der Waals surface area (Å²) in [6.07, 6.45) is 1.71. The third-order valence-electron chi connectivity index (χ3n) is 4.59.